The van der Waals surface area contributed by atoms with Crippen molar-refractivity contribution >= 4 is 52.6 Å². The maximum atomic E-state index is 13.3. The van der Waals surface area contributed by atoms with Crippen molar-refractivity contribution in [1.29, 1.82) is 0 Å². The quantitative estimate of drug-likeness (QED) is 0.295. The number of carbonyl (C=O) groups is 5. The van der Waals surface area contributed by atoms with Gasteiger partial charge in [0.25, 0.3) is 5.91 Å². The fourth-order valence-corrected chi connectivity index (χ4v) is 6.18. The maximum Gasteiger partial charge on any atom is 0.352 e. The van der Waals surface area contributed by atoms with Gasteiger partial charge in [-0.15, -0.1) is 23.1 Å². The Labute approximate surface area is 209 Å². The molecule has 1 aromatic heterocycles. The molecule has 1 fully saturated rings. The summed E-state index contributed by atoms with van der Waals surface area (Å²) < 4.78 is 4.93. The smallest absolute Gasteiger partial charge is 0.352 e. The number of hydrogen-bond donors (Lipinski definition) is 2. The van der Waals surface area contributed by atoms with Crippen LogP contribution in [0.25, 0.3) is 0 Å². The molecular formula is C24H22N2O7S2. The van der Waals surface area contributed by atoms with Crippen LogP contribution in [0.5, 0.6) is 0 Å². The molecule has 2 N–H and O–H groups in total. The number of ether oxygens (including phenoxy) is 1. The van der Waals surface area contributed by atoms with Gasteiger partial charge in [-0.1, -0.05) is 36.4 Å². The van der Waals surface area contributed by atoms with Crippen LogP contribution in [-0.4, -0.2) is 63.3 Å². The van der Waals surface area contributed by atoms with E-state index in [1.807, 2.05) is 18.2 Å². The lowest BCUT2D eigenvalue weighted by Crippen LogP contribution is -2.71. The molecule has 2 aliphatic heterocycles. The van der Waals surface area contributed by atoms with Gasteiger partial charge in [0.1, 0.15) is 29.6 Å². The van der Waals surface area contributed by atoms with Gasteiger partial charge < -0.3 is 15.2 Å². The predicted molar refractivity (Wildman–Crippen MR) is 129 cm³/mol. The second-order valence-corrected chi connectivity index (χ2v) is 10.1. The van der Waals surface area contributed by atoms with E-state index in [1.54, 1.807) is 29.6 Å². The van der Waals surface area contributed by atoms with Gasteiger partial charge >= 0.3 is 11.9 Å². The number of carboxylic acid groups (broad SMARTS) is 1. The van der Waals surface area contributed by atoms with Gasteiger partial charge in [0.15, 0.2) is 5.78 Å². The molecule has 2 aliphatic rings. The molecule has 0 radical (unpaired) electrons. The van der Waals surface area contributed by atoms with Crippen LogP contribution in [0.15, 0.2) is 59.1 Å². The van der Waals surface area contributed by atoms with Crippen molar-refractivity contribution in [2.75, 3.05) is 12.4 Å². The molecule has 11 heteroatoms. The van der Waals surface area contributed by atoms with Crippen molar-refractivity contribution in [2.24, 2.45) is 0 Å². The molecule has 4 rings (SSSR count). The Hall–Kier alpha value is -3.44. The number of thioether (sulfide) groups is 1. The molecular weight excluding hydrogens is 492 g/mol. The number of carbonyl (C=O) groups excluding carboxylic acids is 4. The summed E-state index contributed by atoms with van der Waals surface area (Å²) in [7, 11) is 0. The largest absolute Gasteiger partial charge is 0.477 e. The van der Waals surface area contributed by atoms with E-state index < -0.39 is 41.1 Å². The molecule has 0 saturated carbocycles. The van der Waals surface area contributed by atoms with E-state index in [1.165, 1.54) is 30.0 Å². The summed E-state index contributed by atoms with van der Waals surface area (Å²) in [5, 5.41) is 13.5. The summed E-state index contributed by atoms with van der Waals surface area (Å²) in [4.78, 5) is 64.0. The molecule has 0 bridgehead atoms. The number of thiophene rings is 1. The van der Waals surface area contributed by atoms with E-state index in [9.17, 15) is 29.1 Å². The monoisotopic (exact) mass is 514 g/mol. The van der Waals surface area contributed by atoms with Crippen LogP contribution >= 0.6 is 23.1 Å². The highest BCUT2D eigenvalue weighted by Gasteiger charge is 2.54. The van der Waals surface area contributed by atoms with E-state index in [4.69, 9.17) is 4.74 Å². The zero-order valence-corrected chi connectivity index (χ0v) is 20.3. The summed E-state index contributed by atoms with van der Waals surface area (Å²) in [6.45, 7) is 0.981. The number of nitrogens with zero attached hydrogens (tertiary/aromatic N) is 1. The van der Waals surface area contributed by atoms with Crippen LogP contribution in [0.4, 0.5) is 0 Å². The third kappa shape index (κ3) is 5.15. The van der Waals surface area contributed by atoms with Gasteiger partial charge in [-0.25, -0.2) is 4.79 Å². The number of Topliss-reactive ketones (excluding diaryl/α,β-unsaturated/α-hetero) is 1. The minimum Gasteiger partial charge on any atom is -0.477 e. The first-order valence-electron chi connectivity index (χ1n) is 10.7. The number of esters is 1. The molecule has 1 aromatic carbocycles. The average molecular weight is 515 g/mol. The number of ketones is 1. The van der Waals surface area contributed by atoms with E-state index in [2.05, 4.69) is 5.32 Å². The van der Waals surface area contributed by atoms with Crippen molar-refractivity contribution in [3.8, 4) is 0 Å². The van der Waals surface area contributed by atoms with Crippen LogP contribution in [0, 0.1) is 0 Å². The van der Waals surface area contributed by atoms with Crippen molar-refractivity contribution in [3.63, 3.8) is 0 Å². The minimum absolute atomic E-state index is 0.0607. The number of nitrogens with one attached hydrogen (secondary N) is 1. The molecule has 3 heterocycles. The van der Waals surface area contributed by atoms with E-state index in [-0.39, 0.29) is 30.3 Å². The van der Waals surface area contributed by atoms with Crippen molar-refractivity contribution in [2.45, 2.75) is 30.7 Å². The molecule has 35 heavy (non-hydrogen) atoms. The van der Waals surface area contributed by atoms with E-state index >= 15 is 0 Å². The lowest BCUT2D eigenvalue weighted by atomic mass is 9.94. The summed E-state index contributed by atoms with van der Waals surface area (Å²) >= 11 is 2.54. The summed E-state index contributed by atoms with van der Waals surface area (Å²) in [5.41, 5.74) is 0.846. The SMILES string of the molecule is CC(=O)OCC1=C(C(=O)O)N2C(=O)C(NC(=O)C(C(=O)Cc3ccccc3)c3cccs3)[C@H]2SC1. The summed E-state index contributed by atoms with van der Waals surface area (Å²) in [6, 6.07) is 11.6. The Bertz CT molecular complexity index is 1190. The highest BCUT2D eigenvalue weighted by Crippen LogP contribution is 2.40. The minimum atomic E-state index is -1.31. The van der Waals surface area contributed by atoms with Crippen LogP contribution < -0.4 is 5.32 Å². The average Bonchev–Trinajstić information content (AvgIpc) is 3.35. The van der Waals surface area contributed by atoms with E-state index in [0.717, 1.165) is 10.5 Å². The normalized spacial score (nSPS) is 19.9. The van der Waals surface area contributed by atoms with E-state index in [0.29, 0.717) is 10.5 Å². The molecule has 1 saturated heterocycles. The number of rotatable bonds is 9. The Morgan fingerprint density at radius 1 is 1.17 bits per heavy atom. The molecule has 2 amide bonds. The number of β-lactam (4-membered cyclic amide) rings is 1. The number of amides is 2. The lowest BCUT2D eigenvalue weighted by Gasteiger charge is -2.49. The summed E-state index contributed by atoms with van der Waals surface area (Å²) in [5.74, 6) is -4.23. The van der Waals surface area contributed by atoms with Crippen LogP contribution in [0.1, 0.15) is 23.3 Å². The van der Waals surface area contributed by atoms with Crippen molar-refractivity contribution in [3.05, 3.63) is 69.6 Å². The van der Waals surface area contributed by atoms with Gasteiger partial charge in [0.05, 0.1) is 0 Å². The third-order valence-electron chi connectivity index (χ3n) is 5.63. The molecule has 182 valence electrons. The van der Waals surface area contributed by atoms with Crippen LogP contribution in [0.2, 0.25) is 0 Å². The zero-order valence-electron chi connectivity index (χ0n) is 18.6. The van der Waals surface area contributed by atoms with Gasteiger partial charge in [-0.05, 0) is 17.0 Å². The Kier molecular flexibility index (Phi) is 7.37. The zero-order chi connectivity index (χ0) is 25.1. The van der Waals surface area contributed by atoms with Crippen molar-refractivity contribution in [1.82, 2.24) is 10.2 Å². The molecule has 2 unspecified atom stereocenters. The Morgan fingerprint density at radius 2 is 1.91 bits per heavy atom. The highest BCUT2D eigenvalue weighted by molar-refractivity contribution is 8.00. The molecule has 3 atom stereocenters. The second-order valence-electron chi connectivity index (χ2n) is 8.01. The highest BCUT2D eigenvalue weighted by atomic mass is 32.2. The van der Waals surface area contributed by atoms with Crippen LogP contribution in [-0.2, 0) is 35.1 Å². The lowest BCUT2D eigenvalue weighted by molar-refractivity contribution is -0.151. The molecule has 9 nitrogen and oxygen atoms in total. The molecule has 0 spiro atoms. The first kappa shape index (κ1) is 24.7. The number of aliphatic carboxylic acids is 1. The number of benzene rings is 1. The second kappa shape index (κ2) is 10.4. The standard InChI is InChI=1S/C24H22N2O7S2/c1-13(27)33-11-15-12-35-23-19(22(30)26(23)20(15)24(31)32)25-21(29)18(17-8-5-9-34-17)16(28)10-14-6-3-2-4-7-14/h2-9,18-19,23H,10-12H2,1H3,(H,25,29)(H,31,32)/t18?,19?,23-/m1/s1. The third-order valence-corrected chi connectivity index (χ3v) is 7.91. The molecule has 0 aliphatic carbocycles. The fourth-order valence-electron chi connectivity index (χ4n) is 4.01. The van der Waals surface area contributed by atoms with Crippen LogP contribution in [0.3, 0.4) is 0 Å². The van der Waals surface area contributed by atoms with Crippen molar-refractivity contribution < 1.29 is 33.8 Å². The fraction of sp³-hybridized carbons (Fsp3) is 0.292. The predicted octanol–water partition coefficient (Wildman–Crippen LogP) is 1.95. The van der Waals surface area contributed by atoms with Gasteiger partial charge in [-0.3, -0.25) is 24.1 Å². The Morgan fingerprint density at radius 3 is 2.54 bits per heavy atom. The number of fused-ring (bicyclic) bond motifs is 1. The topological polar surface area (TPSA) is 130 Å². The number of carboxylic acids is 1. The Balaban J connectivity index is 1.51. The molecule has 2 aromatic rings. The van der Waals surface area contributed by atoms with Gasteiger partial charge in [0.2, 0.25) is 5.91 Å². The first-order valence-corrected chi connectivity index (χ1v) is 12.6. The maximum absolute atomic E-state index is 13.3. The first-order chi connectivity index (χ1) is 16.8. The summed E-state index contributed by atoms with van der Waals surface area (Å²) in [6.07, 6.45) is 0.0607. The van der Waals surface area contributed by atoms with Gasteiger partial charge in [0, 0.05) is 29.5 Å². The number of hydrogen-bond acceptors (Lipinski definition) is 8. The van der Waals surface area contributed by atoms with Gasteiger partial charge in [-0.2, -0.15) is 0 Å².